The summed E-state index contributed by atoms with van der Waals surface area (Å²) in [4.78, 5) is 25.3. The van der Waals surface area contributed by atoms with Crippen LogP contribution in [0.5, 0.6) is 0 Å². The highest BCUT2D eigenvalue weighted by molar-refractivity contribution is 6.06. The zero-order valence-electron chi connectivity index (χ0n) is 9.72. The zero-order chi connectivity index (χ0) is 12.9. The van der Waals surface area contributed by atoms with E-state index in [0.29, 0.717) is 24.2 Å². The van der Waals surface area contributed by atoms with E-state index in [2.05, 4.69) is 5.32 Å². The molecule has 2 unspecified atom stereocenters. The van der Waals surface area contributed by atoms with Crippen LogP contribution in [0.2, 0.25) is 0 Å². The summed E-state index contributed by atoms with van der Waals surface area (Å²) in [6.07, 6.45) is 1.25. The molecule has 2 aliphatic heterocycles. The first-order valence-electron chi connectivity index (χ1n) is 5.86. The Hall–Kier alpha value is -2.24. The molecule has 3 rings (SSSR count). The molecule has 1 fully saturated rings. The van der Waals surface area contributed by atoms with Crippen molar-refractivity contribution in [3.63, 3.8) is 0 Å². The molecule has 1 saturated heterocycles. The van der Waals surface area contributed by atoms with Crippen molar-refractivity contribution in [1.29, 1.82) is 0 Å². The van der Waals surface area contributed by atoms with Gasteiger partial charge in [-0.15, -0.1) is 0 Å². The van der Waals surface area contributed by atoms with E-state index in [9.17, 15) is 9.59 Å². The normalized spacial score (nSPS) is 25.3. The summed E-state index contributed by atoms with van der Waals surface area (Å²) in [6, 6.07) is 4.55. The smallest absolute Gasteiger partial charge is 0.247 e. The molecule has 2 amide bonds. The highest BCUT2D eigenvalue weighted by Crippen LogP contribution is 2.40. The molecule has 0 aromatic heterocycles. The van der Waals surface area contributed by atoms with E-state index in [0.717, 1.165) is 5.69 Å². The van der Waals surface area contributed by atoms with Crippen LogP contribution in [-0.4, -0.2) is 23.9 Å². The van der Waals surface area contributed by atoms with Gasteiger partial charge >= 0.3 is 0 Å². The molecule has 6 nitrogen and oxygen atoms in total. The molecule has 5 N–H and O–H groups in total. The van der Waals surface area contributed by atoms with E-state index in [4.69, 9.17) is 11.5 Å². The van der Waals surface area contributed by atoms with Gasteiger partial charge in [0.2, 0.25) is 11.8 Å². The number of rotatable bonds is 1. The first kappa shape index (κ1) is 10.9. The number of nitrogens with one attached hydrogen (secondary N) is 1. The van der Waals surface area contributed by atoms with Gasteiger partial charge in [-0.1, -0.05) is 0 Å². The lowest BCUT2D eigenvalue weighted by atomic mass is 10.1. The topological polar surface area (TPSA) is 101 Å². The monoisotopic (exact) mass is 246 g/mol. The van der Waals surface area contributed by atoms with Crippen LogP contribution in [0.3, 0.4) is 0 Å². The Kier molecular flexibility index (Phi) is 2.19. The Labute approximate surface area is 104 Å². The molecule has 6 heteroatoms. The molecule has 2 aliphatic rings. The summed E-state index contributed by atoms with van der Waals surface area (Å²) in [7, 11) is 0. The van der Waals surface area contributed by atoms with Crippen molar-refractivity contribution >= 4 is 28.9 Å². The second-order valence-corrected chi connectivity index (χ2v) is 4.68. The third kappa shape index (κ3) is 1.42. The molecular formula is C12H14N4O2. The summed E-state index contributed by atoms with van der Waals surface area (Å²) in [5, 5.41) is 2.82. The van der Waals surface area contributed by atoms with Gasteiger partial charge in [0.1, 0.15) is 12.1 Å². The summed E-state index contributed by atoms with van der Waals surface area (Å²) >= 11 is 0. The minimum atomic E-state index is -0.413. The van der Waals surface area contributed by atoms with Crippen LogP contribution in [0.25, 0.3) is 0 Å². The van der Waals surface area contributed by atoms with Crippen molar-refractivity contribution in [3.05, 3.63) is 18.2 Å². The van der Waals surface area contributed by atoms with Gasteiger partial charge in [0.15, 0.2) is 0 Å². The molecule has 0 bridgehead atoms. The molecule has 0 radical (unpaired) electrons. The van der Waals surface area contributed by atoms with Crippen LogP contribution in [0.1, 0.15) is 12.8 Å². The Morgan fingerprint density at radius 3 is 2.89 bits per heavy atom. The second-order valence-electron chi connectivity index (χ2n) is 4.68. The standard InChI is InChI=1S/C12H14N4O2/c13-6-1-2-8-7(5-6)15-12(18)10-4-3-9(11(14)17)16(8)10/h1-2,5,9-10H,3-4,13H2,(H2,14,17)(H,15,18). The average Bonchev–Trinajstić information content (AvgIpc) is 2.74. The maximum absolute atomic E-state index is 12.0. The highest BCUT2D eigenvalue weighted by atomic mass is 16.2. The van der Waals surface area contributed by atoms with Crippen molar-refractivity contribution in [1.82, 2.24) is 0 Å². The molecule has 18 heavy (non-hydrogen) atoms. The summed E-state index contributed by atoms with van der Waals surface area (Å²) in [5.41, 5.74) is 13.1. The number of nitrogen functional groups attached to an aromatic ring is 1. The van der Waals surface area contributed by atoms with Gasteiger partial charge in [-0.25, -0.2) is 0 Å². The Bertz CT molecular complexity index is 543. The second kappa shape index (κ2) is 3.63. The van der Waals surface area contributed by atoms with Crippen molar-refractivity contribution in [2.45, 2.75) is 24.9 Å². The average molecular weight is 246 g/mol. The number of anilines is 3. The number of primary amides is 1. The van der Waals surface area contributed by atoms with Crippen LogP contribution in [0.4, 0.5) is 17.1 Å². The van der Waals surface area contributed by atoms with Gasteiger partial charge in [-0.2, -0.15) is 0 Å². The van der Waals surface area contributed by atoms with Gasteiger partial charge in [0.05, 0.1) is 11.4 Å². The maximum atomic E-state index is 12.0. The maximum Gasteiger partial charge on any atom is 0.247 e. The Morgan fingerprint density at radius 1 is 1.39 bits per heavy atom. The lowest BCUT2D eigenvalue weighted by molar-refractivity contribution is -0.119. The number of fused-ring (bicyclic) bond motifs is 3. The van der Waals surface area contributed by atoms with Crippen LogP contribution in [0, 0.1) is 0 Å². The number of carbonyl (C=O) groups excluding carboxylic acids is 2. The fraction of sp³-hybridized carbons (Fsp3) is 0.333. The lowest BCUT2D eigenvalue weighted by Gasteiger charge is -2.35. The number of nitrogens with two attached hydrogens (primary N) is 2. The minimum absolute atomic E-state index is 0.100. The Morgan fingerprint density at radius 2 is 2.17 bits per heavy atom. The SMILES string of the molecule is NC(=O)C1CCC2C(=O)Nc3cc(N)ccc3N12. The van der Waals surface area contributed by atoms with E-state index in [1.807, 2.05) is 11.0 Å². The van der Waals surface area contributed by atoms with E-state index < -0.39 is 11.9 Å². The third-order valence-corrected chi connectivity index (χ3v) is 3.57. The zero-order valence-corrected chi connectivity index (χ0v) is 9.72. The van der Waals surface area contributed by atoms with E-state index in [-0.39, 0.29) is 11.9 Å². The van der Waals surface area contributed by atoms with Crippen LogP contribution in [-0.2, 0) is 9.59 Å². The molecule has 0 aliphatic carbocycles. The van der Waals surface area contributed by atoms with Crippen LogP contribution in [0.15, 0.2) is 18.2 Å². The first-order valence-corrected chi connectivity index (χ1v) is 5.86. The van der Waals surface area contributed by atoms with Gasteiger partial charge in [-0.05, 0) is 31.0 Å². The van der Waals surface area contributed by atoms with E-state index >= 15 is 0 Å². The molecule has 1 aromatic carbocycles. The molecule has 2 heterocycles. The molecular weight excluding hydrogens is 232 g/mol. The van der Waals surface area contributed by atoms with Gasteiger partial charge in [0.25, 0.3) is 0 Å². The van der Waals surface area contributed by atoms with Gasteiger partial charge < -0.3 is 21.7 Å². The molecule has 2 atom stereocenters. The molecule has 0 saturated carbocycles. The summed E-state index contributed by atoms with van der Waals surface area (Å²) in [5.74, 6) is -0.494. The van der Waals surface area contributed by atoms with E-state index in [1.165, 1.54) is 0 Å². The van der Waals surface area contributed by atoms with Crippen molar-refractivity contribution in [2.75, 3.05) is 16.0 Å². The van der Waals surface area contributed by atoms with E-state index in [1.54, 1.807) is 12.1 Å². The number of nitrogens with zero attached hydrogens (tertiary/aromatic N) is 1. The molecule has 0 spiro atoms. The highest BCUT2D eigenvalue weighted by Gasteiger charge is 2.44. The number of amides is 2. The first-order chi connectivity index (χ1) is 8.58. The Balaban J connectivity index is 2.11. The largest absolute Gasteiger partial charge is 0.399 e. The summed E-state index contributed by atoms with van der Waals surface area (Å²) in [6.45, 7) is 0. The van der Waals surface area contributed by atoms with Crippen LogP contribution >= 0.6 is 0 Å². The van der Waals surface area contributed by atoms with Gasteiger partial charge in [-0.3, -0.25) is 9.59 Å². The van der Waals surface area contributed by atoms with Crippen LogP contribution < -0.4 is 21.7 Å². The number of hydrogen-bond acceptors (Lipinski definition) is 4. The predicted molar refractivity (Wildman–Crippen MR) is 68.0 cm³/mol. The quantitative estimate of drug-likeness (QED) is 0.609. The summed E-state index contributed by atoms with van der Waals surface area (Å²) < 4.78 is 0. The van der Waals surface area contributed by atoms with Crippen molar-refractivity contribution in [2.24, 2.45) is 5.73 Å². The molecule has 94 valence electrons. The van der Waals surface area contributed by atoms with Gasteiger partial charge in [0, 0.05) is 5.69 Å². The predicted octanol–water partition coefficient (Wildman–Crippen LogP) is 0.0436. The molecule has 1 aromatic rings. The van der Waals surface area contributed by atoms with Crippen molar-refractivity contribution < 1.29 is 9.59 Å². The van der Waals surface area contributed by atoms with Crippen molar-refractivity contribution in [3.8, 4) is 0 Å². The minimum Gasteiger partial charge on any atom is -0.399 e. The number of benzene rings is 1. The lowest BCUT2D eigenvalue weighted by Crippen LogP contribution is -2.51. The number of carbonyl (C=O) groups is 2. The number of hydrogen-bond donors (Lipinski definition) is 3. The fourth-order valence-electron chi connectivity index (χ4n) is 2.78. The fourth-order valence-corrected chi connectivity index (χ4v) is 2.78. The third-order valence-electron chi connectivity index (χ3n) is 3.57.